The number of rotatable bonds is 1. The van der Waals surface area contributed by atoms with Crippen LogP contribution in [0.5, 0.6) is 0 Å². The molecule has 0 aromatic heterocycles. The normalized spacial score (nSPS) is 25.4. The number of hydrogen-bond acceptors (Lipinski definition) is 4. The van der Waals surface area contributed by atoms with Gasteiger partial charge in [0.15, 0.2) is 0 Å². The van der Waals surface area contributed by atoms with Gasteiger partial charge in [0.25, 0.3) is 5.70 Å². The summed E-state index contributed by atoms with van der Waals surface area (Å²) >= 11 is 0. The Morgan fingerprint density at radius 1 is 1.64 bits per heavy atom. The van der Waals surface area contributed by atoms with Gasteiger partial charge in [-0.3, -0.25) is 10.1 Å². The van der Waals surface area contributed by atoms with Crippen LogP contribution < -0.4 is 0 Å². The molecule has 0 saturated carbocycles. The molecule has 0 heterocycles. The summed E-state index contributed by atoms with van der Waals surface area (Å²) < 4.78 is 0. The van der Waals surface area contributed by atoms with E-state index in [4.69, 9.17) is 10.5 Å². The van der Waals surface area contributed by atoms with Crippen molar-refractivity contribution < 1.29 is 4.92 Å². The van der Waals surface area contributed by atoms with E-state index < -0.39 is 10.3 Å². The first-order valence-electron chi connectivity index (χ1n) is 3.91. The third-order valence-electron chi connectivity index (χ3n) is 2.18. The van der Waals surface area contributed by atoms with E-state index in [1.54, 1.807) is 6.92 Å². The maximum atomic E-state index is 10.4. The van der Waals surface area contributed by atoms with Crippen molar-refractivity contribution in [1.29, 1.82) is 10.5 Å². The number of nitro groups is 1. The van der Waals surface area contributed by atoms with Gasteiger partial charge >= 0.3 is 0 Å². The monoisotopic (exact) mass is 189 g/mol. The first kappa shape index (κ1) is 9.94. The van der Waals surface area contributed by atoms with Crippen LogP contribution in [0.1, 0.15) is 13.3 Å². The lowest BCUT2D eigenvalue weighted by molar-refractivity contribution is -0.419. The summed E-state index contributed by atoms with van der Waals surface area (Å²) in [5.74, 6) is 0. The smallest absolute Gasteiger partial charge is 0.258 e. The molecule has 0 radical (unpaired) electrons. The average molecular weight is 189 g/mol. The van der Waals surface area contributed by atoms with Crippen molar-refractivity contribution in [2.75, 3.05) is 0 Å². The summed E-state index contributed by atoms with van der Waals surface area (Å²) in [5.41, 5.74) is -0.891. The van der Waals surface area contributed by atoms with Crippen LogP contribution in [0.2, 0.25) is 0 Å². The van der Waals surface area contributed by atoms with Crippen LogP contribution in [0.15, 0.2) is 23.4 Å². The number of nitriles is 2. The lowest BCUT2D eigenvalue weighted by Gasteiger charge is -2.20. The molecule has 0 spiro atoms. The third-order valence-corrected chi connectivity index (χ3v) is 2.18. The van der Waals surface area contributed by atoms with E-state index in [-0.39, 0.29) is 17.7 Å². The molecule has 0 aromatic rings. The lowest BCUT2D eigenvalue weighted by Crippen LogP contribution is -2.19. The molecule has 14 heavy (non-hydrogen) atoms. The fourth-order valence-electron chi connectivity index (χ4n) is 1.17. The van der Waals surface area contributed by atoms with Gasteiger partial charge < -0.3 is 0 Å². The summed E-state index contributed by atoms with van der Waals surface area (Å²) in [7, 11) is 0. The van der Waals surface area contributed by atoms with Gasteiger partial charge in [0.1, 0.15) is 0 Å². The molecule has 1 aliphatic rings. The zero-order valence-corrected chi connectivity index (χ0v) is 7.52. The summed E-state index contributed by atoms with van der Waals surface area (Å²) in [6.45, 7) is 1.59. The highest BCUT2D eigenvalue weighted by Crippen LogP contribution is 2.35. The maximum Gasteiger partial charge on any atom is 0.266 e. The van der Waals surface area contributed by atoms with Crippen LogP contribution in [0.3, 0.4) is 0 Å². The molecule has 70 valence electrons. The van der Waals surface area contributed by atoms with Crippen molar-refractivity contribution in [1.82, 2.24) is 0 Å². The first-order chi connectivity index (χ1) is 6.53. The minimum Gasteiger partial charge on any atom is -0.258 e. The van der Waals surface area contributed by atoms with E-state index in [1.165, 1.54) is 6.08 Å². The van der Waals surface area contributed by atoms with Gasteiger partial charge in [-0.25, -0.2) is 0 Å². The molecule has 5 heteroatoms. The molecule has 5 nitrogen and oxygen atoms in total. The zero-order valence-electron chi connectivity index (χ0n) is 7.52. The highest BCUT2D eigenvalue weighted by atomic mass is 16.6. The van der Waals surface area contributed by atoms with E-state index in [0.717, 1.165) is 6.08 Å². The van der Waals surface area contributed by atoms with Crippen molar-refractivity contribution in [3.8, 4) is 12.1 Å². The number of hydrogen-bond donors (Lipinski definition) is 0. The van der Waals surface area contributed by atoms with Gasteiger partial charge in [-0.1, -0.05) is 0 Å². The molecule has 0 aromatic carbocycles. The molecule has 0 bridgehead atoms. The Morgan fingerprint density at radius 2 is 2.29 bits per heavy atom. The Hall–Kier alpha value is -2.14. The molecule has 0 amide bonds. The summed E-state index contributed by atoms with van der Waals surface area (Å²) in [4.78, 5) is 9.85. The molecule has 0 saturated heterocycles. The molecule has 1 unspecified atom stereocenters. The van der Waals surface area contributed by atoms with E-state index in [1.807, 2.05) is 12.1 Å². The Balaban J connectivity index is 3.15. The lowest BCUT2D eigenvalue weighted by atomic mass is 9.78. The molecule has 1 aliphatic carbocycles. The average Bonchev–Trinajstić information content (AvgIpc) is 2.18. The Morgan fingerprint density at radius 3 is 2.71 bits per heavy atom. The predicted molar refractivity (Wildman–Crippen MR) is 47.1 cm³/mol. The number of nitrogens with zero attached hydrogens (tertiary/aromatic N) is 3. The van der Waals surface area contributed by atoms with Crippen molar-refractivity contribution in [3.63, 3.8) is 0 Å². The summed E-state index contributed by atoms with van der Waals surface area (Å²) in [6, 6.07) is 3.81. The standard InChI is InChI=1S/C9H7N3O2/c1-9(6-11)3-2-8(12(13)14)4-7(9)5-10/h2,4H,3H2,1H3. The minimum absolute atomic E-state index is 0.116. The van der Waals surface area contributed by atoms with Crippen LogP contribution in [-0.2, 0) is 0 Å². The van der Waals surface area contributed by atoms with E-state index in [0.29, 0.717) is 0 Å². The van der Waals surface area contributed by atoms with Crippen LogP contribution in [-0.4, -0.2) is 4.92 Å². The second-order valence-electron chi connectivity index (χ2n) is 3.20. The Bertz CT molecular complexity index is 422. The maximum absolute atomic E-state index is 10.4. The second kappa shape index (κ2) is 3.31. The fraction of sp³-hybridized carbons (Fsp3) is 0.333. The van der Waals surface area contributed by atoms with Crippen molar-refractivity contribution >= 4 is 0 Å². The summed E-state index contributed by atoms with van der Waals surface area (Å²) in [6.07, 6.45) is 2.73. The van der Waals surface area contributed by atoms with E-state index in [2.05, 4.69) is 0 Å². The molecule has 0 aliphatic heterocycles. The molecule has 0 fully saturated rings. The molecule has 1 rings (SSSR count). The van der Waals surface area contributed by atoms with Gasteiger partial charge in [-0.2, -0.15) is 10.5 Å². The molecular weight excluding hydrogens is 182 g/mol. The topological polar surface area (TPSA) is 90.7 Å². The van der Waals surface area contributed by atoms with Gasteiger partial charge in [-0.15, -0.1) is 0 Å². The highest BCUT2D eigenvalue weighted by molar-refractivity contribution is 5.42. The highest BCUT2D eigenvalue weighted by Gasteiger charge is 2.33. The minimum atomic E-state index is -0.922. The van der Waals surface area contributed by atoms with Crippen LogP contribution in [0, 0.1) is 38.2 Å². The summed E-state index contributed by atoms with van der Waals surface area (Å²) in [5, 5.41) is 28.0. The van der Waals surface area contributed by atoms with Crippen molar-refractivity contribution in [2.24, 2.45) is 5.41 Å². The van der Waals surface area contributed by atoms with Crippen LogP contribution in [0.25, 0.3) is 0 Å². The van der Waals surface area contributed by atoms with E-state index >= 15 is 0 Å². The van der Waals surface area contributed by atoms with Gasteiger partial charge in [0.2, 0.25) is 0 Å². The van der Waals surface area contributed by atoms with Gasteiger partial charge in [0, 0.05) is 6.08 Å². The largest absolute Gasteiger partial charge is 0.266 e. The Labute approximate surface area is 80.7 Å². The quantitative estimate of drug-likeness (QED) is 0.462. The first-order valence-corrected chi connectivity index (χ1v) is 3.91. The van der Waals surface area contributed by atoms with Gasteiger partial charge in [-0.05, 0) is 19.4 Å². The van der Waals surface area contributed by atoms with Gasteiger partial charge in [0.05, 0.1) is 28.0 Å². The van der Waals surface area contributed by atoms with E-state index in [9.17, 15) is 10.1 Å². The second-order valence-corrected chi connectivity index (χ2v) is 3.20. The SMILES string of the molecule is CC1(C#N)CC=C([N+](=O)[O-])C=C1C#N. The fourth-order valence-corrected chi connectivity index (χ4v) is 1.17. The van der Waals surface area contributed by atoms with Crippen molar-refractivity contribution in [3.05, 3.63) is 33.5 Å². The van der Waals surface area contributed by atoms with Crippen LogP contribution in [0.4, 0.5) is 0 Å². The third kappa shape index (κ3) is 1.48. The Kier molecular flexibility index (Phi) is 2.35. The molecular formula is C9H7N3O2. The zero-order chi connectivity index (χ0) is 10.8. The van der Waals surface area contributed by atoms with Crippen LogP contribution >= 0.6 is 0 Å². The predicted octanol–water partition coefficient (Wildman–Crippen LogP) is 1.53. The molecule has 0 N–H and O–H groups in total. The van der Waals surface area contributed by atoms with Crippen molar-refractivity contribution in [2.45, 2.75) is 13.3 Å². The molecule has 1 atom stereocenters. The number of allylic oxidation sites excluding steroid dienone is 3.